The first-order chi connectivity index (χ1) is 12.0. The van der Waals surface area contributed by atoms with Gasteiger partial charge >= 0.3 is 5.97 Å². The lowest BCUT2D eigenvalue weighted by atomic mass is 9.97. The molecule has 0 aliphatic carbocycles. The SMILES string of the molecule is CCC[C@@H](C1CCCN1)n1c(C)c(C(=O)O)c2cccc(F)c2c1=O. The van der Waals surface area contributed by atoms with Crippen LogP contribution in [0.4, 0.5) is 4.39 Å². The molecule has 25 heavy (non-hydrogen) atoms. The first-order valence-corrected chi connectivity index (χ1v) is 8.77. The number of carboxylic acid groups (broad SMARTS) is 1. The summed E-state index contributed by atoms with van der Waals surface area (Å²) in [7, 11) is 0. The summed E-state index contributed by atoms with van der Waals surface area (Å²) in [5, 5.41) is 13.1. The van der Waals surface area contributed by atoms with Crippen molar-refractivity contribution in [3.8, 4) is 0 Å². The van der Waals surface area contributed by atoms with Crippen LogP contribution in [0.3, 0.4) is 0 Å². The van der Waals surface area contributed by atoms with Gasteiger partial charge in [0.25, 0.3) is 5.56 Å². The molecule has 1 saturated heterocycles. The van der Waals surface area contributed by atoms with Crippen LogP contribution in [0.1, 0.15) is 54.7 Å². The number of rotatable bonds is 5. The van der Waals surface area contributed by atoms with Crippen molar-refractivity contribution in [2.75, 3.05) is 6.54 Å². The molecule has 2 heterocycles. The molecule has 1 aromatic carbocycles. The number of nitrogens with one attached hydrogen (secondary N) is 1. The Hall–Kier alpha value is -2.21. The van der Waals surface area contributed by atoms with Gasteiger partial charge in [0.05, 0.1) is 17.0 Å². The molecule has 6 heteroatoms. The van der Waals surface area contributed by atoms with Crippen LogP contribution in [0.15, 0.2) is 23.0 Å². The number of aromatic carboxylic acids is 1. The van der Waals surface area contributed by atoms with Crippen LogP contribution in [0, 0.1) is 12.7 Å². The maximum atomic E-state index is 14.4. The Labute approximate surface area is 145 Å². The highest BCUT2D eigenvalue weighted by Gasteiger charge is 2.30. The third-order valence-corrected chi connectivity index (χ3v) is 5.13. The van der Waals surface area contributed by atoms with E-state index >= 15 is 0 Å². The van der Waals surface area contributed by atoms with Gasteiger partial charge in [-0.15, -0.1) is 0 Å². The van der Waals surface area contributed by atoms with Gasteiger partial charge in [0.1, 0.15) is 5.82 Å². The monoisotopic (exact) mass is 346 g/mol. The van der Waals surface area contributed by atoms with Gasteiger partial charge in [-0.25, -0.2) is 9.18 Å². The average Bonchev–Trinajstić information content (AvgIpc) is 3.07. The van der Waals surface area contributed by atoms with E-state index in [9.17, 15) is 19.1 Å². The first kappa shape index (κ1) is 17.6. The minimum atomic E-state index is -1.14. The number of carboxylic acids is 1. The topological polar surface area (TPSA) is 71.3 Å². The molecule has 0 spiro atoms. The van der Waals surface area contributed by atoms with E-state index in [0.29, 0.717) is 5.69 Å². The Kier molecular flexibility index (Phi) is 4.90. The smallest absolute Gasteiger partial charge is 0.338 e. The van der Waals surface area contributed by atoms with Crippen molar-refractivity contribution in [3.63, 3.8) is 0 Å². The van der Waals surface area contributed by atoms with Crippen molar-refractivity contribution in [2.45, 2.75) is 51.6 Å². The van der Waals surface area contributed by atoms with Gasteiger partial charge in [-0.05, 0) is 38.8 Å². The van der Waals surface area contributed by atoms with E-state index in [-0.39, 0.29) is 28.4 Å². The van der Waals surface area contributed by atoms with Crippen molar-refractivity contribution in [1.82, 2.24) is 9.88 Å². The summed E-state index contributed by atoms with van der Waals surface area (Å²) in [6.07, 6.45) is 3.53. The third kappa shape index (κ3) is 2.95. The number of carbonyl (C=O) groups is 1. The number of halogens is 1. The molecule has 3 rings (SSSR count). The largest absolute Gasteiger partial charge is 0.478 e. The van der Waals surface area contributed by atoms with Crippen LogP contribution in [0.2, 0.25) is 0 Å². The second-order valence-electron chi connectivity index (χ2n) is 6.66. The van der Waals surface area contributed by atoms with Gasteiger partial charge in [0.2, 0.25) is 0 Å². The highest BCUT2D eigenvalue weighted by Crippen LogP contribution is 2.29. The number of benzene rings is 1. The van der Waals surface area contributed by atoms with E-state index in [1.807, 2.05) is 6.92 Å². The van der Waals surface area contributed by atoms with Crippen LogP contribution >= 0.6 is 0 Å². The second kappa shape index (κ2) is 6.96. The predicted octanol–water partition coefficient (Wildman–Crippen LogP) is 3.24. The molecule has 1 fully saturated rings. The van der Waals surface area contributed by atoms with Gasteiger partial charge < -0.3 is 15.0 Å². The van der Waals surface area contributed by atoms with E-state index in [1.54, 1.807) is 6.92 Å². The fourth-order valence-electron chi connectivity index (χ4n) is 4.05. The number of aromatic nitrogens is 1. The molecule has 1 aliphatic rings. The minimum Gasteiger partial charge on any atom is -0.478 e. The fraction of sp³-hybridized carbons (Fsp3) is 0.474. The van der Waals surface area contributed by atoms with E-state index in [1.165, 1.54) is 22.8 Å². The van der Waals surface area contributed by atoms with Crippen LogP contribution in [-0.2, 0) is 0 Å². The normalized spacial score (nSPS) is 18.6. The van der Waals surface area contributed by atoms with Gasteiger partial charge in [-0.3, -0.25) is 4.79 Å². The third-order valence-electron chi connectivity index (χ3n) is 5.13. The molecule has 1 aromatic heterocycles. The Morgan fingerprint density at radius 1 is 1.48 bits per heavy atom. The molecule has 134 valence electrons. The average molecular weight is 346 g/mol. The zero-order valence-electron chi connectivity index (χ0n) is 14.5. The van der Waals surface area contributed by atoms with E-state index < -0.39 is 17.3 Å². The Morgan fingerprint density at radius 2 is 2.24 bits per heavy atom. The van der Waals surface area contributed by atoms with E-state index in [4.69, 9.17) is 0 Å². The van der Waals surface area contributed by atoms with Crippen LogP contribution in [0.5, 0.6) is 0 Å². The number of nitrogens with zero attached hydrogens (tertiary/aromatic N) is 1. The molecule has 1 unspecified atom stereocenters. The molecular weight excluding hydrogens is 323 g/mol. The molecule has 2 aromatic rings. The number of pyridine rings is 1. The van der Waals surface area contributed by atoms with Gasteiger partial charge in [0.15, 0.2) is 0 Å². The lowest BCUT2D eigenvalue weighted by Gasteiger charge is -2.29. The molecule has 0 bridgehead atoms. The Morgan fingerprint density at radius 3 is 2.84 bits per heavy atom. The van der Waals surface area contributed by atoms with Crippen molar-refractivity contribution in [2.24, 2.45) is 0 Å². The highest BCUT2D eigenvalue weighted by atomic mass is 19.1. The fourth-order valence-corrected chi connectivity index (χ4v) is 4.05. The van der Waals surface area contributed by atoms with Crippen molar-refractivity contribution in [3.05, 3.63) is 45.6 Å². The molecule has 1 aliphatic heterocycles. The Balaban J connectivity index is 2.35. The summed E-state index contributed by atoms with van der Waals surface area (Å²) >= 11 is 0. The van der Waals surface area contributed by atoms with Gasteiger partial charge in [0, 0.05) is 17.1 Å². The van der Waals surface area contributed by atoms with Crippen LogP contribution < -0.4 is 10.9 Å². The quantitative estimate of drug-likeness (QED) is 0.872. The van der Waals surface area contributed by atoms with Crippen LogP contribution in [-0.4, -0.2) is 28.2 Å². The highest BCUT2D eigenvalue weighted by molar-refractivity contribution is 6.04. The Bertz CT molecular complexity index is 869. The zero-order chi connectivity index (χ0) is 18.1. The van der Waals surface area contributed by atoms with E-state index in [0.717, 1.165) is 32.2 Å². The number of fused-ring (bicyclic) bond motifs is 1. The van der Waals surface area contributed by atoms with Gasteiger partial charge in [-0.2, -0.15) is 0 Å². The maximum Gasteiger partial charge on any atom is 0.338 e. The van der Waals surface area contributed by atoms with Gasteiger partial charge in [-0.1, -0.05) is 25.5 Å². The van der Waals surface area contributed by atoms with Crippen molar-refractivity contribution >= 4 is 16.7 Å². The summed E-state index contributed by atoms with van der Waals surface area (Å²) in [6, 6.07) is 4.07. The summed E-state index contributed by atoms with van der Waals surface area (Å²) in [5.74, 6) is -1.81. The standard InChI is InChI=1S/C19H23FN2O3/c1-3-6-15(14-9-5-10-21-14)22-11(2)16(19(24)25)12-7-4-8-13(20)17(12)18(22)23/h4,7-8,14-15,21H,3,5-6,9-10H2,1-2H3,(H,24,25)/t14?,15-/m0/s1. The molecule has 2 N–H and O–H groups in total. The first-order valence-electron chi connectivity index (χ1n) is 8.77. The van der Waals surface area contributed by atoms with Crippen LogP contribution in [0.25, 0.3) is 10.8 Å². The minimum absolute atomic E-state index is 0.00759. The lowest BCUT2D eigenvalue weighted by Crippen LogP contribution is -2.39. The predicted molar refractivity (Wildman–Crippen MR) is 94.8 cm³/mol. The summed E-state index contributed by atoms with van der Waals surface area (Å²) < 4.78 is 15.9. The maximum absolute atomic E-state index is 14.4. The van der Waals surface area contributed by atoms with Crippen molar-refractivity contribution in [1.29, 1.82) is 0 Å². The van der Waals surface area contributed by atoms with Crippen molar-refractivity contribution < 1.29 is 14.3 Å². The summed E-state index contributed by atoms with van der Waals surface area (Å²) in [5.41, 5.74) is -0.0429. The lowest BCUT2D eigenvalue weighted by molar-refractivity contribution is 0.0696. The van der Waals surface area contributed by atoms with E-state index in [2.05, 4.69) is 5.32 Å². The molecular formula is C19H23FN2O3. The zero-order valence-corrected chi connectivity index (χ0v) is 14.5. The second-order valence-corrected chi connectivity index (χ2v) is 6.66. The molecule has 5 nitrogen and oxygen atoms in total. The summed E-state index contributed by atoms with van der Waals surface area (Å²) in [6.45, 7) is 4.56. The summed E-state index contributed by atoms with van der Waals surface area (Å²) in [4.78, 5) is 25.0. The number of hydrogen-bond donors (Lipinski definition) is 2. The molecule has 2 atom stereocenters. The molecule has 0 amide bonds. The molecule has 0 saturated carbocycles. The number of hydrogen-bond acceptors (Lipinski definition) is 3. The molecule has 0 radical (unpaired) electrons.